The number of aliphatic hydroxyl groups is 7. The first kappa shape index (κ1) is 37.7. The topological polar surface area (TPSA) is 203 Å². The number of β-lactam (4-membered cyclic amide) rings is 1. The second kappa shape index (κ2) is 17.0. The van der Waals surface area contributed by atoms with Crippen molar-refractivity contribution in [3.05, 3.63) is 113 Å². The highest BCUT2D eigenvalue weighted by atomic mass is 19.1. The van der Waals surface area contributed by atoms with E-state index in [0.29, 0.717) is 12.8 Å². The zero-order chi connectivity index (χ0) is 35.6. The van der Waals surface area contributed by atoms with Crippen LogP contribution in [0.3, 0.4) is 0 Å². The zero-order valence-electron chi connectivity index (χ0n) is 27.4. The molecule has 4 unspecified atom stereocenters. The Hall–Kier alpha value is -4.08. The Morgan fingerprint density at radius 1 is 0.857 bits per heavy atom. The van der Waals surface area contributed by atoms with Crippen molar-refractivity contribution in [3.63, 3.8) is 0 Å². The number of rotatable bonds is 15. The fraction of sp³-hybridized carbons (Fsp3) is 0.417. The third-order valence-electron chi connectivity index (χ3n) is 8.97. The lowest BCUT2D eigenvalue weighted by Crippen LogP contribution is -2.62. The van der Waals surface area contributed by atoms with Gasteiger partial charge in [-0.25, -0.2) is 9.37 Å². The van der Waals surface area contributed by atoms with E-state index >= 15 is 0 Å². The van der Waals surface area contributed by atoms with Crippen molar-refractivity contribution in [1.82, 2.24) is 15.2 Å². The van der Waals surface area contributed by atoms with E-state index in [9.17, 15) is 44.9 Å². The quantitative estimate of drug-likeness (QED) is 0.0859. The Bertz CT molecular complexity index is 1590. The molecule has 4 aromatic rings. The minimum atomic E-state index is -2.35. The maximum absolute atomic E-state index is 12.5. The number of carbonyl (C=O) groups excluding carboxylic acids is 1. The Balaban J connectivity index is 0.000000418. The van der Waals surface area contributed by atoms with Gasteiger partial charge in [-0.3, -0.25) is 9.89 Å². The minimum Gasteiger partial charge on any atom is -0.393 e. The molecule has 0 aliphatic carbocycles. The van der Waals surface area contributed by atoms with E-state index < -0.39 is 43.2 Å². The van der Waals surface area contributed by atoms with Crippen LogP contribution in [0.15, 0.2) is 79.1 Å². The first-order valence-electron chi connectivity index (χ1n) is 16.2. The Kier molecular flexibility index (Phi) is 13.1. The van der Waals surface area contributed by atoms with Crippen molar-refractivity contribution >= 4 is 11.6 Å². The van der Waals surface area contributed by atoms with Gasteiger partial charge in [-0.05, 0) is 72.2 Å². The van der Waals surface area contributed by atoms with Crippen molar-refractivity contribution < 1.29 is 44.9 Å². The highest BCUT2D eigenvalue weighted by Gasteiger charge is 2.48. The average molecular weight is 681 g/mol. The summed E-state index contributed by atoms with van der Waals surface area (Å²) in [5, 5.41) is 75.5. The molecule has 264 valence electrons. The monoisotopic (exact) mass is 680 g/mol. The largest absolute Gasteiger partial charge is 0.393 e. The summed E-state index contributed by atoms with van der Waals surface area (Å²) in [4.78, 5) is 18.4. The van der Waals surface area contributed by atoms with Crippen molar-refractivity contribution in [2.45, 2.75) is 74.9 Å². The molecule has 5 rings (SSSR count). The van der Waals surface area contributed by atoms with Crippen molar-refractivity contribution in [2.24, 2.45) is 0 Å². The number of aryl methyl sites for hydroxylation is 3. The van der Waals surface area contributed by atoms with Gasteiger partial charge in [0.1, 0.15) is 35.3 Å². The fourth-order valence-electron chi connectivity index (χ4n) is 5.66. The molecule has 8 N–H and O–H groups in total. The average Bonchev–Trinajstić information content (AvgIpc) is 3.66. The van der Waals surface area contributed by atoms with E-state index in [4.69, 9.17) is 0 Å². The third-order valence-corrected chi connectivity index (χ3v) is 8.97. The number of H-pyrrole nitrogens is 1. The molecule has 0 saturated carbocycles. The van der Waals surface area contributed by atoms with Crippen LogP contribution in [-0.4, -0.2) is 94.0 Å². The molecule has 12 nitrogen and oxygen atoms in total. The third kappa shape index (κ3) is 9.34. The highest BCUT2D eigenvalue weighted by molar-refractivity contribution is 6.01. The number of benzene rings is 3. The molecule has 49 heavy (non-hydrogen) atoms. The lowest BCUT2D eigenvalue weighted by Gasteiger charge is -2.41. The van der Waals surface area contributed by atoms with Gasteiger partial charge < -0.3 is 40.6 Å². The molecule has 3 aromatic carbocycles. The van der Waals surface area contributed by atoms with Gasteiger partial charge >= 0.3 is 0 Å². The van der Waals surface area contributed by atoms with Crippen LogP contribution in [0, 0.1) is 5.82 Å². The summed E-state index contributed by atoms with van der Waals surface area (Å²) in [5.74, 6) is 0.595. The molecule has 1 saturated heterocycles. The van der Waals surface area contributed by atoms with E-state index in [1.165, 1.54) is 18.5 Å². The van der Waals surface area contributed by atoms with Crippen molar-refractivity contribution in [2.75, 3.05) is 24.7 Å². The lowest BCUT2D eigenvalue weighted by molar-refractivity contribution is -0.212. The normalized spacial score (nSPS) is 17.0. The van der Waals surface area contributed by atoms with Gasteiger partial charge in [0.2, 0.25) is 5.91 Å². The predicted octanol–water partition coefficient (Wildman–Crippen LogP) is 2.07. The summed E-state index contributed by atoms with van der Waals surface area (Å²) in [5.41, 5.74) is -0.000561. The smallest absolute Gasteiger partial charge is 0.230 e. The number of nitrogens with one attached hydrogen (secondary N) is 1. The molecular weight excluding hydrogens is 635 g/mol. The Morgan fingerprint density at radius 3 is 1.98 bits per heavy atom. The van der Waals surface area contributed by atoms with Crippen LogP contribution < -0.4 is 4.90 Å². The predicted molar refractivity (Wildman–Crippen MR) is 179 cm³/mol. The molecule has 1 amide bonds. The molecule has 0 spiro atoms. The summed E-state index contributed by atoms with van der Waals surface area (Å²) in [6, 6.07) is 21.2. The first-order valence-corrected chi connectivity index (χ1v) is 16.2. The van der Waals surface area contributed by atoms with E-state index in [0.717, 1.165) is 46.6 Å². The highest BCUT2D eigenvalue weighted by Crippen LogP contribution is 2.39. The number of halogens is 1. The van der Waals surface area contributed by atoms with Gasteiger partial charge in [-0.15, -0.1) is 0 Å². The number of amides is 1. The molecule has 1 aliphatic rings. The molecule has 1 aliphatic heterocycles. The van der Waals surface area contributed by atoms with E-state index in [1.807, 2.05) is 55.5 Å². The van der Waals surface area contributed by atoms with Crippen LogP contribution >= 0.6 is 0 Å². The summed E-state index contributed by atoms with van der Waals surface area (Å²) in [6.45, 7) is -0.950. The molecule has 0 bridgehead atoms. The maximum Gasteiger partial charge on any atom is 0.230 e. The standard InChI is InChI=1S/C27H34N4O7.C9H11FO/c32-14-26(37,25(36)27(38,15-33)16-34)12-11-19-1-6-20(7-2-19)22-13-24(35)31(22)21-8-3-18(4-9-21)5-10-23-28-17-29-30-23;1-2-9(11)7-3-5-8(10)6-4-7/h1-4,6-9,17,22,25,32-34,36-38H,5,10-16H2,(H,28,29,30);3-6,9,11H,2H2,1H3. The number of carbonyl (C=O) groups is 1. The van der Waals surface area contributed by atoms with Crippen LogP contribution in [0.4, 0.5) is 10.1 Å². The summed E-state index contributed by atoms with van der Waals surface area (Å²) < 4.78 is 12.4. The first-order chi connectivity index (χ1) is 23.5. The van der Waals surface area contributed by atoms with E-state index in [-0.39, 0.29) is 30.6 Å². The summed E-state index contributed by atoms with van der Waals surface area (Å²) in [7, 11) is 0. The maximum atomic E-state index is 12.5. The van der Waals surface area contributed by atoms with Gasteiger partial charge in [-0.1, -0.05) is 55.5 Å². The van der Waals surface area contributed by atoms with Crippen LogP contribution in [0.1, 0.15) is 66.4 Å². The number of aromatic nitrogens is 3. The van der Waals surface area contributed by atoms with Gasteiger partial charge in [-0.2, -0.15) is 5.10 Å². The molecule has 0 radical (unpaired) electrons. The van der Waals surface area contributed by atoms with Gasteiger partial charge in [0.05, 0.1) is 38.4 Å². The molecule has 4 atom stereocenters. The van der Waals surface area contributed by atoms with Crippen LogP contribution in [-0.2, 0) is 24.1 Å². The second-order valence-electron chi connectivity index (χ2n) is 12.4. The summed E-state index contributed by atoms with van der Waals surface area (Å²) >= 11 is 0. The number of hydrogen-bond acceptors (Lipinski definition) is 10. The molecule has 1 aromatic heterocycles. The van der Waals surface area contributed by atoms with E-state index in [1.54, 1.807) is 17.0 Å². The van der Waals surface area contributed by atoms with E-state index in [2.05, 4.69) is 15.2 Å². The Morgan fingerprint density at radius 2 is 1.45 bits per heavy atom. The minimum absolute atomic E-state index is 0.0377. The van der Waals surface area contributed by atoms with Gasteiger partial charge in [0, 0.05) is 12.1 Å². The number of aliphatic hydroxyl groups excluding tert-OH is 5. The van der Waals surface area contributed by atoms with Crippen LogP contribution in [0.2, 0.25) is 0 Å². The fourth-order valence-corrected chi connectivity index (χ4v) is 5.66. The van der Waals surface area contributed by atoms with Gasteiger partial charge in [0.15, 0.2) is 0 Å². The second-order valence-corrected chi connectivity index (χ2v) is 12.4. The molecule has 1 fully saturated rings. The van der Waals surface area contributed by atoms with Crippen molar-refractivity contribution in [1.29, 1.82) is 0 Å². The zero-order valence-corrected chi connectivity index (χ0v) is 27.4. The molecule has 13 heteroatoms. The van der Waals surface area contributed by atoms with Gasteiger partial charge in [0.25, 0.3) is 0 Å². The lowest BCUT2D eigenvalue weighted by atomic mass is 9.81. The number of nitrogens with zero attached hydrogens (tertiary/aromatic N) is 3. The van der Waals surface area contributed by atoms with Crippen molar-refractivity contribution in [3.8, 4) is 0 Å². The summed E-state index contributed by atoms with van der Waals surface area (Å²) in [6.07, 6.45) is 1.79. The van der Waals surface area contributed by atoms with Crippen LogP contribution in [0.25, 0.3) is 0 Å². The SMILES string of the molecule is CCC(O)c1ccc(F)cc1.O=C1CC(c2ccc(CCC(O)(CO)C(O)C(O)(CO)CO)cc2)N1c1ccc(CCc2ncn[nH]2)cc1. The number of hydrogen-bond donors (Lipinski definition) is 8. The molecular formula is C36H45FN4O8. The number of aromatic amines is 1. The van der Waals surface area contributed by atoms with Crippen LogP contribution in [0.5, 0.6) is 0 Å². The Labute approximate surface area is 284 Å². The molecule has 2 heterocycles. The number of anilines is 1.